The molecule has 1 aliphatic carbocycles. The third-order valence-electron chi connectivity index (χ3n) is 4.60. The Labute approximate surface area is 136 Å². The van der Waals surface area contributed by atoms with E-state index in [1.165, 1.54) is 18.5 Å². The fourth-order valence-electron chi connectivity index (χ4n) is 2.99. The van der Waals surface area contributed by atoms with Gasteiger partial charge in [-0.15, -0.1) is 0 Å². The van der Waals surface area contributed by atoms with Crippen molar-refractivity contribution in [3.8, 4) is 5.75 Å². The Hall–Kier alpha value is -2.08. The van der Waals surface area contributed by atoms with Gasteiger partial charge in [-0.05, 0) is 37.1 Å². The zero-order valence-corrected chi connectivity index (χ0v) is 13.4. The molecule has 0 N–H and O–H groups in total. The predicted molar refractivity (Wildman–Crippen MR) is 86.8 cm³/mol. The van der Waals surface area contributed by atoms with Crippen molar-refractivity contribution in [1.29, 1.82) is 0 Å². The summed E-state index contributed by atoms with van der Waals surface area (Å²) in [5.41, 5.74) is 1.25. The highest BCUT2D eigenvalue weighted by Gasteiger charge is 2.29. The number of anilines is 1. The van der Waals surface area contributed by atoms with Crippen molar-refractivity contribution >= 4 is 5.69 Å². The number of aromatic nitrogens is 2. The van der Waals surface area contributed by atoms with Gasteiger partial charge in [0.25, 0.3) is 0 Å². The number of piperazine rings is 1. The lowest BCUT2D eigenvalue weighted by molar-refractivity contribution is 0.215. The topological polar surface area (TPSA) is 54.6 Å². The number of hydrogen-bond donors (Lipinski definition) is 0. The molecule has 6 nitrogen and oxygen atoms in total. The highest BCUT2D eigenvalue weighted by atomic mass is 16.5. The van der Waals surface area contributed by atoms with Gasteiger partial charge >= 0.3 is 0 Å². The van der Waals surface area contributed by atoms with Crippen LogP contribution in [0.5, 0.6) is 5.75 Å². The maximum absolute atomic E-state index is 5.38. The number of benzene rings is 1. The summed E-state index contributed by atoms with van der Waals surface area (Å²) in [6.45, 7) is 4.79. The van der Waals surface area contributed by atoms with Crippen molar-refractivity contribution in [3.05, 3.63) is 36.0 Å². The van der Waals surface area contributed by atoms with Gasteiger partial charge in [0.2, 0.25) is 5.89 Å². The van der Waals surface area contributed by atoms with Crippen LogP contribution in [0.25, 0.3) is 0 Å². The maximum atomic E-state index is 5.38. The third-order valence-corrected chi connectivity index (χ3v) is 4.60. The molecule has 1 saturated heterocycles. The van der Waals surface area contributed by atoms with E-state index in [-0.39, 0.29) is 0 Å². The van der Waals surface area contributed by atoms with Crippen LogP contribution in [-0.2, 0) is 6.54 Å². The lowest BCUT2D eigenvalue weighted by Gasteiger charge is -2.35. The van der Waals surface area contributed by atoms with E-state index in [1.807, 2.05) is 12.1 Å². The minimum Gasteiger partial charge on any atom is -0.497 e. The summed E-state index contributed by atoms with van der Waals surface area (Å²) in [4.78, 5) is 9.30. The monoisotopic (exact) mass is 314 g/mol. The van der Waals surface area contributed by atoms with Crippen molar-refractivity contribution in [2.75, 3.05) is 38.2 Å². The lowest BCUT2D eigenvalue weighted by atomic mass is 10.2. The summed E-state index contributed by atoms with van der Waals surface area (Å²) in [6, 6.07) is 8.27. The molecule has 1 aromatic carbocycles. The second kappa shape index (κ2) is 6.20. The van der Waals surface area contributed by atoms with Crippen LogP contribution in [0, 0.1) is 0 Å². The van der Waals surface area contributed by atoms with Gasteiger partial charge in [0.15, 0.2) is 5.82 Å². The van der Waals surface area contributed by atoms with E-state index < -0.39 is 0 Å². The van der Waals surface area contributed by atoms with Gasteiger partial charge in [-0.2, -0.15) is 4.98 Å². The fourth-order valence-corrected chi connectivity index (χ4v) is 2.99. The highest BCUT2D eigenvalue weighted by Crippen LogP contribution is 2.38. The summed E-state index contributed by atoms with van der Waals surface area (Å²) in [7, 11) is 1.69. The normalized spacial score (nSPS) is 19.1. The Morgan fingerprint density at radius 3 is 2.52 bits per heavy atom. The van der Waals surface area contributed by atoms with Gasteiger partial charge in [0.05, 0.1) is 13.7 Å². The Morgan fingerprint density at radius 2 is 1.87 bits per heavy atom. The molecular weight excluding hydrogens is 292 g/mol. The Bertz CT molecular complexity index is 643. The standard InChI is InChI=1S/C17H22N4O2/c1-22-15-6-4-14(5-7-15)21-10-8-20(9-11-21)12-16-18-17(19-23-16)13-2-3-13/h4-7,13H,2-3,8-12H2,1H3. The molecule has 0 unspecified atom stereocenters. The average Bonchev–Trinajstić information content (AvgIpc) is 3.36. The van der Waals surface area contributed by atoms with E-state index in [0.717, 1.165) is 50.2 Å². The quantitative estimate of drug-likeness (QED) is 0.844. The molecule has 0 amide bonds. The lowest BCUT2D eigenvalue weighted by Crippen LogP contribution is -2.46. The summed E-state index contributed by atoms with van der Waals surface area (Å²) >= 11 is 0. The first-order valence-electron chi connectivity index (χ1n) is 8.25. The molecule has 1 saturated carbocycles. The molecule has 4 rings (SSSR count). The zero-order chi connectivity index (χ0) is 15.6. The van der Waals surface area contributed by atoms with Gasteiger partial charge < -0.3 is 14.2 Å². The number of rotatable bonds is 5. The number of ether oxygens (including phenoxy) is 1. The molecule has 2 aromatic rings. The van der Waals surface area contributed by atoms with Crippen LogP contribution < -0.4 is 9.64 Å². The molecule has 1 aliphatic heterocycles. The highest BCUT2D eigenvalue weighted by molar-refractivity contribution is 5.49. The van der Waals surface area contributed by atoms with E-state index in [2.05, 4.69) is 32.1 Å². The first kappa shape index (κ1) is 14.5. The van der Waals surface area contributed by atoms with Crippen molar-refractivity contribution in [2.24, 2.45) is 0 Å². The molecular formula is C17H22N4O2. The van der Waals surface area contributed by atoms with E-state index in [9.17, 15) is 0 Å². The molecule has 2 aliphatic rings. The van der Waals surface area contributed by atoms with E-state index in [1.54, 1.807) is 7.11 Å². The van der Waals surface area contributed by atoms with E-state index >= 15 is 0 Å². The molecule has 2 heterocycles. The van der Waals surface area contributed by atoms with Crippen LogP contribution in [0.2, 0.25) is 0 Å². The maximum Gasteiger partial charge on any atom is 0.240 e. The summed E-state index contributed by atoms with van der Waals surface area (Å²) < 4.78 is 10.6. The third kappa shape index (κ3) is 3.32. The van der Waals surface area contributed by atoms with Gasteiger partial charge in [0, 0.05) is 37.8 Å². The van der Waals surface area contributed by atoms with Crippen molar-refractivity contribution in [2.45, 2.75) is 25.3 Å². The van der Waals surface area contributed by atoms with Crippen molar-refractivity contribution in [1.82, 2.24) is 15.0 Å². The summed E-state index contributed by atoms with van der Waals surface area (Å²) in [6.07, 6.45) is 2.42. The molecule has 122 valence electrons. The van der Waals surface area contributed by atoms with Crippen LogP contribution in [0.4, 0.5) is 5.69 Å². The van der Waals surface area contributed by atoms with E-state index in [4.69, 9.17) is 9.26 Å². The fraction of sp³-hybridized carbons (Fsp3) is 0.529. The van der Waals surface area contributed by atoms with Crippen molar-refractivity contribution in [3.63, 3.8) is 0 Å². The van der Waals surface area contributed by atoms with E-state index in [0.29, 0.717) is 5.92 Å². The molecule has 0 radical (unpaired) electrons. The number of methoxy groups -OCH3 is 1. The average molecular weight is 314 g/mol. The first-order valence-corrected chi connectivity index (χ1v) is 8.25. The first-order chi connectivity index (χ1) is 11.3. The SMILES string of the molecule is COc1ccc(N2CCN(Cc3nc(C4CC4)no3)CC2)cc1. The number of nitrogens with zero attached hydrogens (tertiary/aromatic N) is 4. The van der Waals surface area contributed by atoms with Crippen LogP contribution in [0.1, 0.15) is 30.5 Å². The van der Waals surface area contributed by atoms with Crippen LogP contribution in [-0.4, -0.2) is 48.3 Å². The molecule has 0 bridgehead atoms. The zero-order valence-electron chi connectivity index (χ0n) is 13.4. The molecule has 1 aromatic heterocycles. The van der Waals surface area contributed by atoms with Crippen LogP contribution >= 0.6 is 0 Å². The summed E-state index contributed by atoms with van der Waals surface area (Å²) in [5.74, 6) is 3.11. The van der Waals surface area contributed by atoms with Gasteiger partial charge in [-0.25, -0.2) is 0 Å². The molecule has 23 heavy (non-hydrogen) atoms. The molecule has 2 fully saturated rings. The van der Waals surface area contributed by atoms with Gasteiger partial charge in [-0.1, -0.05) is 5.16 Å². The minimum atomic E-state index is 0.555. The second-order valence-corrected chi connectivity index (χ2v) is 6.28. The Balaban J connectivity index is 1.31. The summed E-state index contributed by atoms with van der Waals surface area (Å²) in [5, 5.41) is 4.09. The van der Waals surface area contributed by atoms with Gasteiger partial charge in [0.1, 0.15) is 5.75 Å². The Kier molecular flexibility index (Phi) is 3.91. The predicted octanol–water partition coefficient (Wildman–Crippen LogP) is 2.28. The number of hydrogen-bond acceptors (Lipinski definition) is 6. The Morgan fingerprint density at radius 1 is 1.13 bits per heavy atom. The minimum absolute atomic E-state index is 0.555. The largest absolute Gasteiger partial charge is 0.497 e. The van der Waals surface area contributed by atoms with Crippen molar-refractivity contribution < 1.29 is 9.26 Å². The molecule has 6 heteroatoms. The van der Waals surface area contributed by atoms with Gasteiger partial charge in [-0.3, -0.25) is 4.90 Å². The molecule has 0 spiro atoms. The van der Waals surface area contributed by atoms with Crippen LogP contribution in [0.3, 0.4) is 0 Å². The molecule has 0 atom stereocenters. The second-order valence-electron chi connectivity index (χ2n) is 6.28. The van der Waals surface area contributed by atoms with Crippen LogP contribution in [0.15, 0.2) is 28.8 Å². The smallest absolute Gasteiger partial charge is 0.240 e.